The van der Waals surface area contributed by atoms with Crippen LogP contribution in [0.1, 0.15) is 40.1 Å². The number of phenols is 1. The Morgan fingerprint density at radius 2 is 1.45 bits per heavy atom. The number of ketones is 2. The van der Waals surface area contributed by atoms with Crippen molar-refractivity contribution < 1.29 is 14.7 Å². The molecule has 20 heavy (non-hydrogen) atoms. The van der Waals surface area contributed by atoms with Crippen LogP contribution in [0.4, 0.5) is 0 Å². The topological polar surface area (TPSA) is 54.4 Å². The molecule has 0 aliphatic heterocycles. The summed E-state index contributed by atoms with van der Waals surface area (Å²) in [6.07, 6.45) is 0. The van der Waals surface area contributed by atoms with Gasteiger partial charge in [0.15, 0.2) is 11.6 Å². The van der Waals surface area contributed by atoms with E-state index in [1.54, 1.807) is 32.0 Å². The Balaban J connectivity index is 0.000000204. The van der Waals surface area contributed by atoms with Gasteiger partial charge in [-0.15, -0.1) is 0 Å². The summed E-state index contributed by atoms with van der Waals surface area (Å²) in [5, 5.41) is 9.20. The van der Waals surface area contributed by atoms with Crippen molar-refractivity contribution in [2.45, 2.75) is 20.8 Å². The lowest BCUT2D eigenvalue weighted by Gasteiger charge is -2.02. The summed E-state index contributed by atoms with van der Waals surface area (Å²) in [6.45, 7) is 4.78. The number of hydrogen-bond acceptors (Lipinski definition) is 3. The molecule has 0 aromatic heterocycles. The maximum Gasteiger partial charge on any atom is 0.160 e. The van der Waals surface area contributed by atoms with Gasteiger partial charge in [-0.2, -0.15) is 0 Å². The molecule has 2 aromatic carbocycles. The van der Waals surface area contributed by atoms with Crippen molar-refractivity contribution in [1.82, 2.24) is 0 Å². The summed E-state index contributed by atoms with van der Waals surface area (Å²) >= 11 is 0. The monoisotopic (exact) mass is 270 g/mol. The van der Waals surface area contributed by atoms with E-state index in [0.29, 0.717) is 11.1 Å². The lowest BCUT2D eigenvalue weighted by molar-refractivity contribution is 0.100. The van der Waals surface area contributed by atoms with Crippen LogP contribution in [0.3, 0.4) is 0 Å². The Kier molecular flexibility index (Phi) is 5.66. The van der Waals surface area contributed by atoms with Crippen molar-refractivity contribution in [3.8, 4) is 5.75 Å². The van der Waals surface area contributed by atoms with Gasteiger partial charge < -0.3 is 5.11 Å². The maximum atomic E-state index is 10.9. The first kappa shape index (κ1) is 15.6. The van der Waals surface area contributed by atoms with Gasteiger partial charge in [0, 0.05) is 16.7 Å². The fourth-order valence-electron chi connectivity index (χ4n) is 1.68. The molecule has 0 unspecified atom stereocenters. The molecule has 0 radical (unpaired) electrons. The fourth-order valence-corrected chi connectivity index (χ4v) is 1.68. The van der Waals surface area contributed by atoms with E-state index in [4.69, 9.17) is 0 Å². The maximum absolute atomic E-state index is 10.9. The number of aromatic hydroxyl groups is 1. The van der Waals surface area contributed by atoms with Crippen LogP contribution in [0.2, 0.25) is 0 Å². The third-order valence-corrected chi connectivity index (χ3v) is 2.86. The van der Waals surface area contributed by atoms with E-state index in [1.807, 2.05) is 30.3 Å². The van der Waals surface area contributed by atoms with E-state index < -0.39 is 0 Å². The number of Topliss-reactive ketones (excluding diaryl/α,β-unsaturated/α-hetero) is 2. The van der Waals surface area contributed by atoms with Gasteiger partial charge in [0.05, 0.1) is 0 Å². The number of hydrogen-bond donors (Lipinski definition) is 1. The molecule has 0 spiro atoms. The van der Waals surface area contributed by atoms with Crippen LogP contribution in [-0.4, -0.2) is 16.7 Å². The largest absolute Gasteiger partial charge is 0.508 e. The predicted octanol–water partition coefficient (Wildman–Crippen LogP) is 3.79. The smallest absolute Gasteiger partial charge is 0.160 e. The van der Waals surface area contributed by atoms with Crippen molar-refractivity contribution in [3.63, 3.8) is 0 Å². The summed E-state index contributed by atoms with van der Waals surface area (Å²) < 4.78 is 0. The average molecular weight is 270 g/mol. The number of rotatable bonds is 2. The highest BCUT2D eigenvalue weighted by Crippen LogP contribution is 2.19. The Morgan fingerprint density at radius 1 is 0.850 bits per heavy atom. The predicted molar refractivity (Wildman–Crippen MR) is 79.3 cm³/mol. The summed E-state index contributed by atoms with van der Waals surface area (Å²) in [5.74, 6) is 0.284. The molecule has 0 amide bonds. The van der Waals surface area contributed by atoms with Gasteiger partial charge in [-0.3, -0.25) is 9.59 Å². The SMILES string of the molecule is CC(=O)c1cccc(O)c1C.CC(=O)c1ccccc1. The van der Waals surface area contributed by atoms with Crippen LogP contribution in [0.25, 0.3) is 0 Å². The van der Waals surface area contributed by atoms with Crippen LogP contribution in [-0.2, 0) is 0 Å². The van der Waals surface area contributed by atoms with Crippen LogP contribution < -0.4 is 0 Å². The van der Waals surface area contributed by atoms with Gasteiger partial charge in [-0.1, -0.05) is 42.5 Å². The lowest BCUT2D eigenvalue weighted by Crippen LogP contribution is -1.94. The van der Waals surface area contributed by atoms with Gasteiger partial charge in [0.1, 0.15) is 5.75 Å². The molecule has 0 fully saturated rings. The van der Waals surface area contributed by atoms with E-state index in [-0.39, 0.29) is 17.3 Å². The molecule has 0 aliphatic rings. The van der Waals surface area contributed by atoms with Crippen molar-refractivity contribution in [2.24, 2.45) is 0 Å². The van der Waals surface area contributed by atoms with Crippen molar-refractivity contribution in [1.29, 1.82) is 0 Å². The van der Waals surface area contributed by atoms with E-state index in [2.05, 4.69) is 0 Å². The Labute approximate surface area is 118 Å². The highest BCUT2D eigenvalue weighted by atomic mass is 16.3. The molecule has 0 bridgehead atoms. The van der Waals surface area contributed by atoms with Gasteiger partial charge in [0.2, 0.25) is 0 Å². The second kappa shape index (κ2) is 7.24. The molecule has 0 saturated heterocycles. The zero-order valence-corrected chi connectivity index (χ0v) is 11.9. The molecule has 1 N–H and O–H groups in total. The van der Waals surface area contributed by atoms with Crippen molar-refractivity contribution in [2.75, 3.05) is 0 Å². The van der Waals surface area contributed by atoms with E-state index >= 15 is 0 Å². The summed E-state index contributed by atoms with van der Waals surface area (Å²) in [6, 6.07) is 14.2. The standard InChI is InChI=1S/C9H10O2.C8H8O/c1-6-8(7(2)10)4-3-5-9(6)11;1-7(9)8-5-3-2-4-6-8/h3-5,11H,1-2H3;2-6H,1H3. The highest BCUT2D eigenvalue weighted by Gasteiger charge is 2.05. The lowest BCUT2D eigenvalue weighted by atomic mass is 10.1. The number of phenolic OH excluding ortho intramolecular Hbond substituents is 1. The molecule has 2 aromatic rings. The number of carbonyl (C=O) groups is 2. The van der Waals surface area contributed by atoms with Gasteiger partial charge in [-0.05, 0) is 26.8 Å². The second-order valence-electron chi connectivity index (χ2n) is 4.43. The minimum absolute atomic E-state index is 0.0154. The van der Waals surface area contributed by atoms with Crippen molar-refractivity contribution >= 4 is 11.6 Å². The molecule has 0 atom stereocenters. The first-order valence-corrected chi connectivity index (χ1v) is 6.29. The van der Waals surface area contributed by atoms with E-state index in [9.17, 15) is 14.7 Å². The zero-order chi connectivity index (χ0) is 15.1. The van der Waals surface area contributed by atoms with Crippen LogP contribution in [0.5, 0.6) is 5.75 Å². The third-order valence-electron chi connectivity index (χ3n) is 2.86. The normalized spacial score (nSPS) is 9.35. The molecular weight excluding hydrogens is 252 g/mol. The summed E-state index contributed by atoms with van der Waals surface area (Å²) in [4.78, 5) is 21.6. The first-order valence-electron chi connectivity index (χ1n) is 6.29. The molecule has 3 heteroatoms. The first-order chi connectivity index (χ1) is 9.43. The zero-order valence-electron chi connectivity index (χ0n) is 11.9. The van der Waals surface area contributed by atoms with Gasteiger partial charge in [0.25, 0.3) is 0 Å². The van der Waals surface area contributed by atoms with Crippen LogP contribution in [0.15, 0.2) is 48.5 Å². The minimum atomic E-state index is -0.0154. The molecule has 0 saturated carbocycles. The molecule has 3 nitrogen and oxygen atoms in total. The molecule has 104 valence electrons. The van der Waals surface area contributed by atoms with Gasteiger partial charge in [-0.25, -0.2) is 0 Å². The van der Waals surface area contributed by atoms with Crippen LogP contribution >= 0.6 is 0 Å². The number of carbonyl (C=O) groups excluding carboxylic acids is 2. The fraction of sp³-hybridized carbons (Fsp3) is 0.176. The molecule has 2 rings (SSSR count). The van der Waals surface area contributed by atoms with E-state index in [1.165, 1.54) is 6.92 Å². The van der Waals surface area contributed by atoms with E-state index in [0.717, 1.165) is 5.56 Å². The average Bonchev–Trinajstić information content (AvgIpc) is 2.43. The minimum Gasteiger partial charge on any atom is -0.508 e. The Morgan fingerprint density at radius 3 is 1.85 bits per heavy atom. The molecule has 0 aliphatic carbocycles. The Hall–Kier alpha value is -2.42. The quantitative estimate of drug-likeness (QED) is 0.845. The van der Waals surface area contributed by atoms with Crippen LogP contribution in [0, 0.1) is 6.92 Å². The molecular formula is C17H18O3. The van der Waals surface area contributed by atoms with Crippen molar-refractivity contribution in [3.05, 3.63) is 65.2 Å². The summed E-state index contributed by atoms with van der Waals surface area (Å²) in [7, 11) is 0. The highest BCUT2D eigenvalue weighted by molar-refractivity contribution is 5.96. The number of benzene rings is 2. The third kappa shape index (κ3) is 4.35. The Bertz CT molecular complexity index is 601. The summed E-state index contributed by atoms with van der Waals surface area (Å²) in [5.41, 5.74) is 2.02. The second-order valence-corrected chi connectivity index (χ2v) is 4.43. The van der Waals surface area contributed by atoms with Gasteiger partial charge >= 0.3 is 0 Å². The molecule has 0 heterocycles.